The number of nitrogens with zero attached hydrogens (tertiary/aromatic N) is 4. The summed E-state index contributed by atoms with van der Waals surface area (Å²) in [5, 5.41) is 0.481. The molecule has 152 valence electrons. The average molecular weight is 395 g/mol. The van der Waals surface area contributed by atoms with Crippen molar-refractivity contribution in [1.82, 2.24) is 19.5 Å². The Hall–Kier alpha value is -3.03. The molecule has 3 heterocycles. The first kappa shape index (κ1) is 18.0. The molecule has 0 bridgehead atoms. The van der Waals surface area contributed by atoms with E-state index in [-0.39, 0.29) is 5.56 Å². The van der Waals surface area contributed by atoms with E-state index in [0.717, 1.165) is 18.7 Å². The SMILES string of the molecule is COc1cc2[nH]c(N3CCc4c(ncn4C4CCCC4)C3)nc(=O)c2cc1OC. The summed E-state index contributed by atoms with van der Waals surface area (Å²) in [6.07, 6.45) is 8.01. The van der Waals surface area contributed by atoms with Gasteiger partial charge in [-0.1, -0.05) is 12.8 Å². The Morgan fingerprint density at radius 1 is 1.14 bits per heavy atom. The lowest BCUT2D eigenvalue weighted by atomic mass is 10.1. The number of hydrogen-bond acceptors (Lipinski definition) is 6. The fraction of sp³-hybridized carbons (Fsp3) is 0.476. The van der Waals surface area contributed by atoms with Gasteiger partial charge < -0.3 is 23.9 Å². The van der Waals surface area contributed by atoms with Crippen LogP contribution in [0.2, 0.25) is 0 Å². The van der Waals surface area contributed by atoms with Crippen LogP contribution in [0.1, 0.15) is 43.1 Å². The van der Waals surface area contributed by atoms with E-state index < -0.39 is 0 Å². The molecule has 1 fully saturated rings. The predicted octanol–water partition coefficient (Wildman–Crippen LogP) is 2.81. The van der Waals surface area contributed by atoms with Crippen molar-refractivity contribution in [2.45, 2.75) is 44.7 Å². The largest absolute Gasteiger partial charge is 0.493 e. The van der Waals surface area contributed by atoms with Crippen molar-refractivity contribution in [2.75, 3.05) is 25.7 Å². The highest BCUT2D eigenvalue weighted by molar-refractivity contribution is 5.82. The van der Waals surface area contributed by atoms with E-state index in [1.54, 1.807) is 26.4 Å². The summed E-state index contributed by atoms with van der Waals surface area (Å²) in [6, 6.07) is 4.05. The molecular formula is C21H25N5O3. The average Bonchev–Trinajstić information content (AvgIpc) is 3.41. The number of hydrogen-bond donors (Lipinski definition) is 1. The third-order valence-corrected chi connectivity index (χ3v) is 6.17. The molecule has 0 atom stereocenters. The van der Waals surface area contributed by atoms with Crippen molar-refractivity contribution in [1.29, 1.82) is 0 Å². The Morgan fingerprint density at radius 3 is 2.66 bits per heavy atom. The van der Waals surface area contributed by atoms with E-state index in [0.29, 0.717) is 40.9 Å². The molecule has 1 aliphatic heterocycles. The van der Waals surface area contributed by atoms with Gasteiger partial charge >= 0.3 is 0 Å². The Morgan fingerprint density at radius 2 is 1.90 bits per heavy atom. The Bertz CT molecular complexity index is 1110. The molecule has 5 rings (SSSR count). The second kappa shape index (κ2) is 7.09. The number of anilines is 1. The van der Waals surface area contributed by atoms with Crippen molar-refractivity contribution in [3.63, 3.8) is 0 Å². The van der Waals surface area contributed by atoms with E-state index >= 15 is 0 Å². The van der Waals surface area contributed by atoms with Crippen LogP contribution in [0.25, 0.3) is 10.9 Å². The van der Waals surface area contributed by atoms with E-state index in [4.69, 9.17) is 9.47 Å². The van der Waals surface area contributed by atoms with Gasteiger partial charge in [0, 0.05) is 30.8 Å². The van der Waals surface area contributed by atoms with Crippen molar-refractivity contribution < 1.29 is 9.47 Å². The number of rotatable bonds is 4. The molecule has 8 nitrogen and oxygen atoms in total. The lowest BCUT2D eigenvalue weighted by molar-refractivity contribution is 0.355. The molecule has 3 aromatic rings. The summed E-state index contributed by atoms with van der Waals surface area (Å²) in [5.41, 5.74) is 2.82. The van der Waals surface area contributed by atoms with Crippen LogP contribution in [-0.4, -0.2) is 40.3 Å². The second-order valence-electron chi connectivity index (χ2n) is 7.77. The Balaban J connectivity index is 1.48. The molecule has 0 amide bonds. The third kappa shape index (κ3) is 3.03. The van der Waals surface area contributed by atoms with Gasteiger partial charge in [0.05, 0.1) is 43.7 Å². The second-order valence-corrected chi connectivity index (χ2v) is 7.77. The molecule has 8 heteroatoms. The molecule has 0 spiro atoms. The van der Waals surface area contributed by atoms with E-state index in [2.05, 4.69) is 24.4 Å². The van der Waals surface area contributed by atoms with Gasteiger partial charge in [0.2, 0.25) is 5.95 Å². The van der Waals surface area contributed by atoms with E-state index in [1.807, 2.05) is 6.33 Å². The van der Waals surface area contributed by atoms with Crippen molar-refractivity contribution >= 4 is 16.9 Å². The fourth-order valence-corrected chi connectivity index (χ4v) is 4.62. The minimum atomic E-state index is -0.281. The molecule has 1 N–H and O–H groups in total. The van der Waals surface area contributed by atoms with Crippen LogP contribution in [0.4, 0.5) is 5.95 Å². The number of H-pyrrole nitrogens is 1. The summed E-state index contributed by atoms with van der Waals surface area (Å²) in [6.45, 7) is 1.45. The van der Waals surface area contributed by atoms with Crippen LogP contribution < -0.4 is 19.9 Å². The number of imidazole rings is 1. The molecule has 1 aromatic carbocycles. The zero-order valence-corrected chi connectivity index (χ0v) is 16.8. The lowest BCUT2D eigenvalue weighted by Crippen LogP contribution is -2.34. The van der Waals surface area contributed by atoms with Gasteiger partial charge in [-0.15, -0.1) is 0 Å². The minimum absolute atomic E-state index is 0.281. The summed E-state index contributed by atoms with van der Waals surface area (Å²) in [5.74, 6) is 1.65. The van der Waals surface area contributed by atoms with Gasteiger partial charge in [0.25, 0.3) is 5.56 Å². The maximum Gasteiger partial charge on any atom is 0.282 e. The number of benzene rings is 1. The minimum Gasteiger partial charge on any atom is -0.493 e. The van der Waals surface area contributed by atoms with Gasteiger partial charge in [0.1, 0.15) is 0 Å². The van der Waals surface area contributed by atoms with E-state index in [1.165, 1.54) is 31.4 Å². The normalized spacial score (nSPS) is 17.0. The monoisotopic (exact) mass is 395 g/mol. The third-order valence-electron chi connectivity index (χ3n) is 6.17. The maximum atomic E-state index is 12.7. The van der Waals surface area contributed by atoms with Gasteiger partial charge in [0.15, 0.2) is 11.5 Å². The molecule has 2 aliphatic rings. The van der Waals surface area contributed by atoms with Crippen molar-refractivity contribution in [3.05, 3.63) is 40.2 Å². The Kier molecular flexibility index (Phi) is 4.41. The van der Waals surface area contributed by atoms with Crippen molar-refractivity contribution in [3.8, 4) is 11.5 Å². The number of aromatic amines is 1. The lowest BCUT2D eigenvalue weighted by Gasteiger charge is -2.28. The van der Waals surface area contributed by atoms with Crippen LogP contribution in [0.15, 0.2) is 23.3 Å². The molecule has 0 radical (unpaired) electrons. The summed E-state index contributed by atoms with van der Waals surface area (Å²) >= 11 is 0. The predicted molar refractivity (Wildman–Crippen MR) is 110 cm³/mol. The standard InChI is InChI=1S/C21H25N5O3/c1-28-18-9-14-15(10-19(18)29-2)23-21(24-20(14)27)25-8-7-17-16(11-25)22-12-26(17)13-5-3-4-6-13/h9-10,12-13H,3-8,11H2,1-2H3,(H,23,24,27). The maximum absolute atomic E-state index is 12.7. The molecular weight excluding hydrogens is 370 g/mol. The highest BCUT2D eigenvalue weighted by Gasteiger charge is 2.27. The summed E-state index contributed by atoms with van der Waals surface area (Å²) < 4.78 is 13.1. The topological polar surface area (TPSA) is 85.3 Å². The molecule has 1 saturated carbocycles. The molecule has 0 saturated heterocycles. The first-order valence-corrected chi connectivity index (χ1v) is 10.1. The number of fused-ring (bicyclic) bond motifs is 2. The quantitative estimate of drug-likeness (QED) is 0.731. The number of nitrogens with one attached hydrogen (secondary N) is 1. The van der Waals surface area contributed by atoms with E-state index in [9.17, 15) is 4.79 Å². The molecule has 0 unspecified atom stereocenters. The van der Waals surface area contributed by atoms with Crippen LogP contribution >= 0.6 is 0 Å². The zero-order valence-electron chi connectivity index (χ0n) is 16.8. The number of aromatic nitrogens is 4. The molecule has 29 heavy (non-hydrogen) atoms. The fourth-order valence-electron chi connectivity index (χ4n) is 4.62. The first-order chi connectivity index (χ1) is 14.2. The van der Waals surface area contributed by atoms with Crippen LogP contribution in [0.3, 0.4) is 0 Å². The number of methoxy groups -OCH3 is 2. The van der Waals surface area contributed by atoms with Gasteiger partial charge in [-0.3, -0.25) is 4.79 Å². The number of ether oxygens (including phenoxy) is 2. The molecule has 2 aromatic heterocycles. The van der Waals surface area contributed by atoms with Crippen LogP contribution in [0, 0.1) is 0 Å². The van der Waals surface area contributed by atoms with Gasteiger partial charge in [-0.05, 0) is 18.9 Å². The smallest absolute Gasteiger partial charge is 0.282 e. The summed E-state index contributed by atoms with van der Waals surface area (Å²) in [7, 11) is 3.13. The summed E-state index contributed by atoms with van der Waals surface area (Å²) in [4.78, 5) is 27.0. The van der Waals surface area contributed by atoms with Gasteiger partial charge in [-0.2, -0.15) is 4.98 Å². The Labute approximate surface area is 168 Å². The zero-order chi connectivity index (χ0) is 20.0. The van der Waals surface area contributed by atoms with Crippen molar-refractivity contribution in [2.24, 2.45) is 0 Å². The highest BCUT2D eigenvalue weighted by atomic mass is 16.5. The van der Waals surface area contributed by atoms with Crippen LogP contribution in [-0.2, 0) is 13.0 Å². The highest BCUT2D eigenvalue weighted by Crippen LogP contribution is 2.34. The molecule has 1 aliphatic carbocycles. The van der Waals surface area contributed by atoms with Crippen LogP contribution in [0.5, 0.6) is 11.5 Å². The first-order valence-electron chi connectivity index (χ1n) is 10.1. The van der Waals surface area contributed by atoms with Gasteiger partial charge in [-0.25, -0.2) is 4.98 Å².